The molecule has 0 spiro atoms. The van der Waals surface area contributed by atoms with E-state index in [0.29, 0.717) is 13.1 Å². The van der Waals surface area contributed by atoms with Crippen molar-refractivity contribution in [3.05, 3.63) is 29.6 Å². The van der Waals surface area contributed by atoms with Crippen molar-refractivity contribution in [3.8, 4) is 5.75 Å². The van der Waals surface area contributed by atoms with Crippen molar-refractivity contribution >= 4 is 5.91 Å². The van der Waals surface area contributed by atoms with Crippen LogP contribution in [0.1, 0.15) is 10.4 Å². The molecule has 1 rings (SSSR count). The molecule has 88 valence electrons. The van der Waals surface area contributed by atoms with Crippen molar-refractivity contribution in [3.63, 3.8) is 0 Å². The van der Waals surface area contributed by atoms with Gasteiger partial charge in [-0.1, -0.05) is 0 Å². The number of rotatable bonds is 4. The molecular formula is C11H15FN2O2. The third kappa shape index (κ3) is 3.51. The maximum absolute atomic E-state index is 13.3. The van der Waals surface area contributed by atoms with E-state index in [0.717, 1.165) is 6.07 Å². The highest BCUT2D eigenvalue weighted by Crippen LogP contribution is 2.14. The zero-order valence-corrected chi connectivity index (χ0v) is 9.33. The number of hydrogen-bond donors (Lipinski definition) is 2. The average molecular weight is 226 g/mol. The number of hydrogen-bond acceptors (Lipinski definition) is 3. The van der Waals surface area contributed by atoms with Crippen LogP contribution >= 0.6 is 0 Å². The Labute approximate surface area is 93.7 Å². The van der Waals surface area contributed by atoms with Gasteiger partial charge in [-0.15, -0.1) is 0 Å². The molecule has 1 aromatic carbocycles. The first kappa shape index (κ1) is 12.4. The smallest absolute Gasteiger partial charge is 0.254 e. The number of carbonyl (C=O) groups excluding carboxylic acids is 1. The van der Waals surface area contributed by atoms with Gasteiger partial charge in [0.15, 0.2) is 0 Å². The van der Waals surface area contributed by atoms with Crippen LogP contribution < -0.4 is 5.32 Å². The minimum Gasteiger partial charge on any atom is -0.508 e. The molecular weight excluding hydrogens is 211 g/mol. The van der Waals surface area contributed by atoms with Crippen LogP contribution in [0.15, 0.2) is 18.2 Å². The Kier molecular flexibility index (Phi) is 4.25. The van der Waals surface area contributed by atoms with Crippen LogP contribution in [-0.4, -0.2) is 43.1 Å². The quantitative estimate of drug-likeness (QED) is 0.799. The minimum atomic E-state index is -0.720. The first-order chi connectivity index (χ1) is 7.50. The van der Waals surface area contributed by atoms with E-state index in [9.17, 15) is 9.18 Å². The number of nitrogens with zero attached hydrogens (tertiary/aromatic N) is 1. The normalized spacial score (nSPS) is 10.5. The molecule has 16 heavy (non-hydrogen) atoms. The molecule has 0 fully saturated rings. The molecule has 0 atom stereocenters. The van der Waals surface area contributed by atoms with Crippen molar-refractivity contribution in [2.24, 2.45) is 0 Å². The molecule has 5 heteroatoms. The van der Waals surface area contributed by atoms with Crippen molar-refractivity contribution in [1.29, 1.82) is 0 Å². The molecule has 0 radical (unpaired) electrons. The van der Waals surface area contributed by atoms with Gasteiger partial charge in [0.1, 0.15) is 11.6 Å². The van der Waals surface area contributed by atoms with Crippen molar-refractivity contribution < 1.29 is 14.3 Å². The number of halogens is 1. The third-order valence-corrected chi connectivity index (χ3v) is 2.04. The minimum absolute atomic E-state index is 0.0587. The van der Waals surface area contributed by atoms with E-state index in [1.54, 1.807) is 0 Å². The van der Waals surface area contributed by atoms with E-state index in [-0.39, 0.29) is 11.3 Å². The summed E-state index contributed by atoms with van der Waals surface area (Å²) in [6, 6.07) is 3.46. The van der Waals surface area contributed by atoms with Crippen LogP contribution in [0.2, 0.25) is 0 Å². The summed E-state index contributed by atoms with van der Waals surface area (Å²) in [5.41, 5.74) is -0.0587. The number of phenols is 1. The molecule has 0 bridgehead atoms. The zero-order chi connectivity index (χ0) is 12.1. The van der Waals surface area contributed by atoms with E-state index < -0.39 is 11.7 Å². The first-order valence-corrected chi connectivity index (χ1v) is 4.92. The van der Waals surface area contributed by atoms with E-state index >= 15 is 0 Å². The summed E-state index contributed by atoms with van der Waals surface area (Å²) in [5.74, 6) is -1.39. The SMILES string of the molecule is CN(C)CCNC(=O)c1ccc(O)cc1F. The fraction of sp³-hybridized carbons (Fsp3) is 0.364. The monoisotopic (exact) mass is 226 g/mol. The molecule has 0 aliphatic carbocycles. The Bertz CT molecular complexity index is 380. The van der Waals surface area contributed by atoms with Crippen molar-refractivity contribution in [2.45, 2.75) is 0 Å². The fourth-order valence-electron chi connectivity index (χ4n) is 1.18. The maximum Gasteiger partial charge on any atom is 0.254 e. The lowest BCUT2D eigenvalue weighted by atomic mass is 10.2. The van der Waals surface area contributed by atoms with Gasteiger partial charge in [0.25, 0.3) is 5.91 Å². The van der Waals surface area contributed by atoms with Gasteiger partial charge in [0, 0.05) is 19.2 Å². The number of carbonyl (C=O) groups is 1. The van der Waals surface area contributed by atoms with Gasteiger partial charge in [-0.2, -0.15) is 0 Å². The predicted molar refractivity (Wildman–Crippen MR) is 59.0 cm³/mol. The number of nitrogens with one attached hydrogen (secondary N) is 1. The molecule has 4 nitrogen and oxygen atoms in total. The standard InChI is InChI=1S/C11H15FN2O2/c1-14(2)6-5-13-11(16)9-4-3-8(15)7-10(9)12/h3-4,7,15H,5-6H2,1-2H3,(H,13,16). The Balaban J connectivity index is 2.59. The fourth-order valence-corrected chi connectivity index (χ4v) is 1.18. The Hall–Kier alpha value is -1.62. The molecule has 0 aliphatic rings. The second-order valence-corrected chi connectivity index (χ2v) is 3.72. The van der Waals surface area contributed by atoms with E-state index in [2.05, 4.69) is 5.32 Å². The second-order valence-electron chi connectivity index (χ2n) is 3.72. The van der Waals surface area contributed by atoms with Crippen molar-refractivity contribution in [1.82, 2.24) is 10.2 Å². The van der Waals surface area contributed by atoms with E-state index in [1.165, 1.54) is 12.1 Å². The number of aromatic hydroxyl groups is 1. The van der Waals surface area contributed by atoms with E-state index in [1.807, 2.05) is 19.0 Å². The summed E-state index contributed by atoms with van der Waals surface area (Å²) < 4.78 is 13.3. The van der Waals surface area contributed by atoms with Gasteiger partial charge in [-0.05, 0) is 26.2 Å². The second kappa shape index (κ2) is 5.46. The number of amides is 1. The first-order valence-electron chi connectivity index (χ1n) is 4.92. The lowest BCUT2D eigenvalue weighted by Gasteiger charge is -2.10. The van der Waals surface area contributed by atoms with Crippen LogP contribution in [0.3, 0.4) is 0 Å². The van der Waals surface area contributed by atoms with Crippen LogP contribution in [-0.2, 0) is 0 Å². The van der Waals surface area contributed by atoms with Crippen LogP contribution in [0, 0.1) is 5.82 Å². The molecule has 0 aliphatic heterocycles. The zero-order valence-electron chi connectivity index (χ0n) is 9.33. The van der Waals surface area contributed by atoms with Gasteiger partial charge < -0.3 is 15.3 Å². The largest absolute Gasteiger partial charge is 0.508 e. The molecule has 0 aromatic heterocycles. The summed E-state index contributed by atoms with van der Waals surface area (Å²) >= 11 is 0. The Morgan fingerprint density at radius 1 is 1.50 bits per heavy atom. The Morgan fingerprint density at radius 3 is 2.75 bits per heavy atom. The average Bonchev–Trinajstić information content (AvgIpc) is 2.16. The van der Waals surface area contributed by atoms with Gasteiger partial charge in [0.2, 0.25) is 0 Å². The molecule has 1 amide bonds. The van der Waals surface area contributed by atoms with Crippen LogP contribution in [0.5, 0.6) is 5.75 Å². The van der Waals surface area contributed by atoms with Gasteiger partial charge in [0.05, 0.1) is 5.56 Å². The van der Waals surface area contributed by atoms with Gasteiger partial charge >= 0.3 is 0 Å². The third-order valence-electron chi connectivity index (χ3n) is 2.04. The summed E-state index contributed by atoms with van der Waals surface area (Å²) in [4.78, 5) is 13.4. The molecule has 0 saturated carbocycles. The van der Waals surface area contributed by atoms with Crippen LogP contribution in [0.25, 0.3) is 0 Å². The highest BCUT2D eigenvalue weighted by Gasteiger charge is 2.11. The van der Waals surface area contributed by atoms with Crippen molar-refractivity contribution in [2.75, 3.05) is 27.2 Å². The van der Waals surface area contributed by atoms with Gasteiger partial charge in [-0.25, -0.2) is 4.39 Å². The molecule has 0 saturated heterocycles. The molecule has 1 aromatic rings. The summed E-state index contributed by atoms with van der Waals surface area (Å²) in [5, 5.41) is 11.6. The van der Waals surface area contributed by atoms with Crippen LogP contribution in [0.4, 0.5) is 4.39 Å². The summed E-state index contributed by atoms with van der Waals surface area (Å²) in [6.45, 7) is 1.14. The van der Waals surface area contributed by atoms with E-state index in [4.69, 9.17) is 5.11 Å². The number of phenolic OH excluding ortho intramolecular Hbond substituents is 1. The summed E-state index contributed by atoms with van der Waals surface area (Å²) in [6.07, 6.45) is 0. The molecule has 0 unspecified atom stereocenters. The summed E-state index contributed by atoms with van der Waals surface area (Å²) in [7, 11) is 3.76. The highest BCUT2D eigenvalue weighted by molar-refractivity contribution is 5.94. The molecule has 0 heterocycles. The Morgan fingerprint density at radius 2 is 2.19 bits per heavy atom. The lowest BCUT2D eigenvalue weighted by Crippen LogP contribution is -2.31. The van der Waals surface area contributed by atoms with Gasteiger partial charge in [-0.3, -0.25) is 4.79 Å². The predicted octanol–water partition coefficient (Wildman–Crippen LogP) is 0.823. The highest BCUT2D eigenvalue weighted by atomic mass is 19.1. The number of benzene rings is 1. The maximum atomic E-state index is 13.3. The number of likely N-dealkylation sites (N-methyl/N-ethyl adjacent to an activating group) is 1. The topological polar surface area (TPSA) is 52.6 Å². The lowest BCUT2D eigenvalue weighted by molar-refractivity contribution is 0.0947. The molecule has 2 N–H and O–H groups in total.